The molecule has 2 aromatic rings. The summed E-state index contributed by atoms with van der Waals surface area (Å²) in [7, 11) is -3.60. The Kier molecular flexibility index (Phi) is 7.73. The third-order valence-electron chi connectivity index (χ3n) is 4.21. The molecule has 0 atom stereocenters. The minimum absolute atomic E-state index is 0.0989. The van der Waals surface area contributed by atoms with Gasteiger partial charge >= 0.3 is 6.18 Å². The fourth-order valence-electron chi connectivity index (χ4n) is 2.69. The Labute approximate surface area is 178 Å². The molecule has 30 heavy (non-hydrogen) atoms. The Morgan fingerprint density at radius 2 is 1.67 bits per heavy atom. The maximum Gasteiger partial charge on any atom is 0.418 e. The van der Waals surface area contributed by atoms with E-state index in [2.05, 4.69) is 10.6 Å². The molecule has 0 saturated carbocycles. The first-order chi connectivity index (χ1) is 14.0. The van der Waals surface area contributed by atoms with Crippen molar-refractivity contribution in [2.45, 2.75) is 24.9 Å². The highest BCUT2D eigenvalue weighted by Gasteiger charge is 2.34. The zero-order valence-electron chi connectivity index (χ0n) is 16.3. The van der Waals surface area contributed by atoms with Crippen molar-refractivity contribution in [3.8, 4) is 0 Å². The van der Waals surface area contributed by atoms with Crippen molar-refractivity contribution in [3.63, 3.8) is 0 Å². The summed E-state index contributed by atoms with van der Waals surface area (Å²) in [6, 6.07) is 8.81. The van der Waals surface area contributed by atoms with Gasteiger partial charge in [0.1, 0.15) is 0 Å². The molecule has 0 aromatic heterocycles. The molecule has 2 N–H and O–H groups in total. The van der Waals surface area contributed by atoms with Crippen LogP contribution in [0.5, 0.6) is 0 Å². The minimum atomic E-state index is -4.67. The van der Waals surface area contributed by atoms with Crippen molar-refractivity contribution in [2.75, 3.05) is 30.3 Å². The van der Waals surface area contributed by atoms with E-state index in [4.69, 9.17) is 11.6 Å². The van der Waals surface area contributed by atoms with Crippen LogP contribution in [0.2, 0.25) is 5.02 Å². The smallest absolute Gasteiger partial charge is 0.376 e. The molecule has 6 nitrogen and oxygen atoms in total. The summed E-state index contributed by atoms with van der Waals surface area (Å²) in [6.45, 7) is 3.83. The average Bonchev–Trinajstić information content (AvgIpc) is 2.68. The lowest BCUT2D eigenvalue weighted by molar-refractivity contribution is -0.137. The second-order valence-corrected chi connectivity index (χ2v) is 8.58. The predicted octanol–water partition coefficient (Wildman–Crippen LogP) is 4.44. The highest BCUT2D eigenvalue weighted by Crippen LogP contribution is 2.36. The van der Waals surface area contributed by atoms with Crippen LogP contribution in [0.25, 0.3) is 0 Å². The second kappa shape index (κ2) is 9.67. The molecule has 0 aliphatic heterocycles. The van der Waals surface area contributed by atoms with E-state index in [0.717, 1.165) is 12.1 Å². The Hall–Kier alpha value is -2.30. The van der Waals surface area contributed by atoms with Crippen LogP contribution in [0.15, 0.2) is 47.4 Å². The van der Waals surface area contributed by atoms with Crippen LogP contribution < -0.4 is 10.6 Å². The number of nitrogens with zero attached hydrogens (tertiary/aromatic N) is 1. The van der Waals surface area contributed by atoms with Crippen molar-refractivity contribution in [2.24, 2.45) is 0 Å². The van der Waals surface area contributed by atoms with Gasteiger partial charge in [-0.2, -0.15) is 17.5 Å². The number of rotatable bonds is 8. The third kappa shape index (κ3) is 5.87. The molecule has 0 fully saturated rings. The van der Waals surface area contributed by atoms with Gasteiger partial charge in [0, 0.05) is 23.8 Å². The second-order valence-electron chi connectivity index (χ2n) is 6.20. The number of sulfonamides is 1. The predicted molar refractivity (Wildman–Crippen MR) is 110 cm³/mol. The van der Waals surface area contributed by atoms with Crippen LogP contribution in [0.4, 0.5) is 24.5 Å². The van der Waals surface area contributed by atoms with Crippen LogP contribution >= 0.6 is 11.6 Å². The molecular formula is C19H21ClF3N3O3S. The molecule has 1 amide bonds. The number of alkyl halides is 3. The third-order valence-corrected chi connectivity index (χ3v) is 6.51. The molecule has 0 aliphatic carbocycles. The first-order valence-electron chi connectivity index (χ1n) is 8.99. The van der Waals surface area contributed by atoms with Gasteiger partial charge in [0.05, 0.1) is 22.7 Å². The summed E-state index contributed by atoms with van der Waals surface area (Å²) in [5.74, 6) is -0.706. The fourth-order valence-corrected chi connectivity index (χ4v) is 4.32. The van der Waals surface area contributed by atoms with Crippen LogP contribution in [-0.2, 0) is 21.0 Å². The van der Waals surface area contributed by atoms with Gasteiger partial charge in [-0.05, 0) is 42.5 Å². The monoisotopic (exact) mass is 463 g/mol. The first kappa shape index (κ1) is 24.0. The van der Waals surface area contributed by atoms with Gasteiger partial charge in [-0.15, -0.1) is 0 Å². The number of hydrogen-bond acceptors (Lipinski definition) is 4. The number of hydrogen-bond donors (Lipinski definition) is 2. The van der Waals surface area contributed by atoms with Crippen molar-refractivity contribution in [3.05, 3.63) is 53.1 Å². The van der Waals surface area contributed by atoms with Crippen LogP contribution in [0.1, 0.15) is 19.4 Å². The van der Waals surface area contributed by atoms with E-state index in [1.54, 1.807) is 13.8 Å². The van der Waals surface area contributed by atoms with Gasteiger partial charge in [-0.25, -0.2) is 8.42 Å². The Morgan fingerprint density at radius 3 is 2.20 bits per heavy atom. The average molecular weight is 464 g/mol. The molecule has 2 rings (SSSR count). The first-order valence-corrected chi connectivity index (χ1v) is 10.8. The lowest BCUT2D eigenvalue weighted by Gasteiger charge is -2.18. The Morgan fingerprint density at radius 1 is 1.07 bits per heavy atom. The van der Waals surface area contributed by atoms with Crippen LogP contribution in [0.3, 0.4) is 0 Å². The van der Waals surface area contributed by atoms with E-state index in [1.165, 1.54) is 34.6 Å². The molecule has 0 radical (unpaired) electrons. The summed E-state index contributed by atoms with van der Waals surface area (Å²) in [6.07, 6.45) is -4.67. The SMILES string of the molecule is CCN(CC)S(=O)(=O)c1ccc(NCC(=O)Nc2ccc(Cl)cc2C(F)(F)F)cc1. The largest absolute Gasteiger partial charge is 0.418 e. The molecule has 0 unspecified atom stereocenters. The van der Waals surface area contributed by atoms with Crippen molar-refractivity contribution < 1.29 is 26.4 Å². The topological polar surface area (TPSA) is 78.5 Å². The van der Waals surface area contributed by atoms with Gasteiger partial charge in [-0.3, -0.25) is 4.79 Å². The molecular weight excluding hydrogens is 443 g/mol. The number of benzene rings is 2. The molecule has 0 heterocycles. The quantitative estimate of drug-likeness (QED) is 0.606. The van der Waals surface area contributed by atoms with Gasteiger partial charge < -0.3 is 10.6 Å². The zero-order valence-corrected chi connectivity index (χ0v) is 17.8. The summed E-state index contributed by atoms with van der Waals surface area (Å²) in [4.78, 5) is 12.2. The van der Waals surface area contributed by atoms with Crippen molar-refractivity contribution in [1.29, 1.82) is 0 Å². The molecule has 0 aliphatic rings. The number of carbonyl (C=O) groups excluding carboxylic acids is 1. The number of halogens is 4. The lowest BCUT2D eigenvalue weighted by Crippen LogP contribution is -2.30. The van der Waals surface area contributed by atoms with E-state index < -0.39 is 33.4 Å². The molecule has 164 valence electrons. The fraction of sp³-hybridized carbons (Fsp3) is 0.316. The van der Waals surface area contributed by atoms with Crippen LogP contribution in [-0.4, -0.2) is 38.3 Å². The summed E-state index contributed by atoms with van der Waals surface area (Å²) in [5, 5.41) is 4.84. The van der Waals surface area contributed by atoms with Gasteiger partial charge in [0.15, 0.2) is 0 Å². The minimum Gasteiger partial charge on any atom is -0.376 e. The number of amides is 1. The molecule has 2 aromatic carbocycles. The standard InChI is InChI=1S/C19H21ClF3N3O3S/c1-3-26(4-2)30(28,29)15-8-6-14(7-9-15)24-12-18(27)25-17-10-5-13(20)11-16(17)19(21,22)23/h5-11,24H,3-4,12H2,1-2H3,(H,25,27). The highest BCUT2D eigenvalue weighted by atomic mass is 35.5. The Bertz CT molecular complexity index is 992. The van der Waals surface area contributed by atoms with Crippen molar-refractivity contribution >= 4 is 38.9 Å². The van der Waals surface area contributed by atoms with E-state index in [9.17, 15) is 26.4 Å². The molecule has 0 spiro atoms. The van der Waals surface area contributed by atoms with Crippen LogP contribution in [0, 0.1) is 0 Å². The molecule has 11 heteroatoms. The van der Waals surface area contributed by atoms with E-state index >= 15 is 0 Å². The van der Waals surface area contributed by atoms with Gasteiger partial charge in [0.2, 0.25) is 15.9 Å². The summed E-state index contributed by atoms with van der Waals surface area (Å²) >= 11 is 5.61. The maximum atomic E-state index is 13.1. The maximum absolute atomic E-state index is 13.1. The lowest BCUT2D eigenvalue weighted by atomic mass is 10.1. The zero-order chi connectivity index (χ0) is 22.5. The van der Waals surface area contributed by atoms with E-state index in [1.807, 2.05) is 0 Å². The number of nitrogens with one attached hydrogen (secondary N) is 2. The number of carbonyl (C=O) groups is 1. The number of anilines is 2. The van der Waals surface area contributed by atoms with E-state index in [-0.39, 0.29) is 16.5 Å². The Balaban J connectivity index is 2.04. The summed E-state index contributed by atoms with van der Waals surface area (Å²) in [5.41, 5.74) is -1.01. The highest BCUT2D eigenvalue weighted by molar-refractivity contribution is 7.89. The van der Waals surface area contributed by atoms with Crippen molar-refractivity contribution in [1.82, 2.24) is 4.31 Å². The molecule has 0 bridgehead atoms. The molecule has 0 saturated heterocycles. The van der Waals surface area contributed by atoms with E-state index in [0.29, 0.717) is 18.8 Å². The van der Waals surface area contributed by atoms with Gasteiger partial charge in [-0.1, -0.05) is 25.4 Å². The summed E-state index contributed by atoms with van der Waals surface area (Å²) < 4.78 is 65.5. The normalized spacial score (nSPS) is 12.1. The van der Waals surface area contributed by atoms with Gasteiger partial charge in [0.25, 0.3) is 0 Å².